The number of halogens is 1. The van der Waals surface area contributed by atoms with Gasteiger partial charge in [0.1, 0.15) is 6.67 Å². The fourth-order valence-corrected chi connectivity index (χ4v) is 1.20. The molecule has 0 amide bonds. The Labute approximate surface area is 67.1 Å². The molecule has 0 aliphatic carbocycles. The zero-order chi connectivity index (χ0) is 8.10. The molecule has 1 rings (SSSR count). The normalized spacial score (nSPS) is 10.0. The first-order valence-electron chi connectivity index (χ1n) is 4.01. The molecule has 0 N–H and O–H groups in total. The molecule has 1 aromatic rings. The van der Waals surface area contributed by atoms with E-state index in [9.17, 15) is 4.39 Å². The highest BCUT2D eigenvalue weighted by Gasteiger charge is 1.97. The molecular formula is C10H13F. The van der Waals surface area contributed by atoms with Crippen molar-refractivity contribution >= 4 is 0 Å². The van der Waals surface area contributed by atoms with Crippen LogP contribution in [0.4, 0.5) is 4.39 Å². The lowest BCUT2D eigenvalue weighted by molar-refractivity contribution is 0.482. The summed E-state index contributed by atoms with van der Waals surface area (Å²) in [6.45, 7) is 1.77. The number of alkyl halides is 1. The summed E-state index contributed by atoms with van der Waals surface area (Å²) in [4.78, 5) is 0. The maximum atomic E-state index is 12.3. The van der Waals surface area contributed by atoms with Crippen LogP contribution in [0.15, 0.2) is 24.3 Å². The Morgan fingerprint density at radius 2 is 1.82 bits per heavy atom. The van der Waals surface area contributed by atoms with Gasteiger partial charge in [0.2, 0.25) is 0 Å². The van der Waals surface area contributed by atoms with Gasteiger partial charge in [-0.3, -0.25) is 0 Å². The van der Waals surface area contributed by atoms with Crippen molar-refractivity contribution in [3.05, 3.63) is 35.4 Å². The van der Waals surface area contributed by atoms with Gasteiger partial charge in [-0.2, -0.15) is 0 Å². The molecule has 0 aliphatic heterocycles. The van der Waals surface area contributed by atoms with Crippen LogP contribution in [0.25, 0.3) is 0 Å². The molecule has 0 heterocycles. The first kappa shape index (κ1) is 8.25. The molecule has 1 aromatic carbocycles. The molecule has 0 aliphatic rings. The molecule has 11 heavy (non-hydrogen) atoms. The van der Waals surface area contributed by atoms with Crippen molar-refractivity contribution in [1.29, 1.82) is 0 Å². The Morgan fingerprint density at radius 3 is 2.36 bits per heavy atom. The number of aryl methyl sites for hydroxylation is 1. The van der Waals surface area contributed by atoms with Crippen LogP contribution in [0, 0.1) is 0 Å². The van der Waals surface area contributed by atoms with E-state index in [2.05, 4.69) is 6.92 Å². The maximum Gasteiger partial charge on any atom is 0.115 e. The Balaban J connectivity index is 2.83. The molecule has 0 saturated carbocycles. The predicted molar refractivity (Wildman–Crippen MR) is 45.2 cm³/mol. The molecular weight excluding hydrogens is 139 g/mol. The lowest BCUT2D eigenvalue weighted by atomic mass is 10.0. The summed E-state index contributed by atoms with van der Waals surface area (Å²) >= 11 is 0. The van der Waals surface area contributed by atoms with E-state index in [1.54, 1.807) is 0 Å². The molecule has 0 fully saturated rings. The summed E-state index contributed by atoms with van der Waals surface area (Å²) in [5, 5.41) is 0. The van der Waals surface area contributed by atoms with Gasteiger partial charge in [0.05, 0.1) is 0 Å². The smallest absolute Gasteiger partial charge is 0.115 e. The van der Waals surface area contributed by atoms with Gasteiger partial charge in [0, 0.05) is 0 Å². The van der Waals surface area contributed by atoms with E-state index >= 15 is 0 Å². The van der Waals surface area contributed by atoms with Crippen molar-refractivity contribution in [1.82, 2.24) is 0 Å². The third kappa shape index (κ3) is 2.04. The van der Waals surface area contributed by atoms with Crippen molar-refractivity contribution in [3.8, 4) is 0 Å². The van der Waals surface area contributed by atoms with Crippen LogP contribution < -0.4 is 0 Å². The van der Waals surface area contributed by atoms with Gasteiger partial charge in [-0.05, 0) is 17.5 Å². The molecule has 0 saturated heterocycles. The maximum absolute atomic E-state index is 12.3. The second kappa shape index (κ2) is 4.12. The number of hydrogen-bond acceptors (Lipinski definition) is 0. The van der Waals surface area contributed by atoms with E-state index in [1.807, 2.05) is 24.3 Å². The minimum absolute atomic E-state index is 0.337. The highest BCUT2D eigenvalue weighted by molar-refractivity contribution is 5.26. The Bertz CT molecular complexity index is 218. The monoisotopic (exact) mass is 152 g/mol. The van der Waals surface area contributed by atoms with Crippen LogP contribution in [-0.4, -0.2) is 0 Å². The van der Waals surface area contributed by atoms with Crippen LogP contribution in [0.1, 0.15) is 24.5 Å². The summed E-state index contributed by atoms with van der Waals surface area (Å²) in [5.74, 6) is 0. The van der Waals surface area contributed by atoms with Crippen LogP contribution in [0.2, 0.25) is 0 Å². The quantitative estimate of drug-likeness (QED) is 0.624. The average Bonchev–Trinajstić information content (AvgIpc) is 2.06. The van der Waals surface area contributed by atoms with E-state index in [-0.39, 0.29) is 6.67 Å². The second-order valence-electron chi connectivity index (χ2n) is 2.65. The van der Waals surface area contributed by atoms with Crippen molar-refractivity contribution in [3.63, 3.8) is 0 Å². The molecule has 0 nitrogen and oxygen atoms in total. The molecule has 60 valence electrons. The average molecular weight is 152 g/mol. The van der Waals surface area contributed by atoms with E-state index in [0.717, 1.165) is 24.0 Å². The molecule has 0 spiro atoms. The number of rotatable bonds is 3. The van der Waals surface area contributed by atoms with Gasteiger partial charge in [-0.25, -0.2) is 4.39 Å². The van der Waals surface area contributed by atoms with E-state index in [4.69, 9.17) is 0 Å². The van der Waals surface area contributed by atoms with Gasteiger partial charge in [-0.15, -0.1) is 0 Å². The lowest BCUT2D eigenvalue weighted by Crippen LogP contribution is -1.89. The van der Waals surface area contributed by atoms with Crippen LogP contribution in [0.3, 0.4) is 0 Å². The SMILES string of the molecule is CCCc1ccccc1CF. The van der Waals surface area contributed by atoms with Crippen molar-refractivity contribution in [2.24, 2.45) is 0 Å². The first-order chi connectivity index (χ1) is 5.38. The minimum Gasteiger partial charge on any atom is -0.246 e. The third-order valence-electron chi connectivity index (χ3n) is 1.78. The lowest BCUT2D eigenvalue weighted by Gasteiger charge is -2.02. The highest BCUT2D eigenvalue weighted by atomic mass is 19.1. The molecule has 0 atom stereocenters. The topological polar surface area (TPSA) is 0 Å². The third-order valence-corrected chi connectivity index (χ3v) is 1.78. The molecule has 0 bridgehead atoms. The number of benzene rings is 1. The van der Waals surface area contributed by atoms with Gasteiger partial charge in [0.25, 0.3) is 0 Å². The summed E-state index contributed by atoms with van der Waals surface area (Å²) < 4.78 is 12.3. The van der Waals surface area contributed by atoms with E-state index in [1.165, 1.54) is 0 Å². The van der Waals surface area contributed by atoms with E-state index < -0.39 is 0 Å². The summed E-state index contributed by atoms with van der Waals surface area (Å²) in [7, 11) is 0. The largest absolute Gasteiger partial charge is 0.246 e. The van der Waals surface area contributed by atoms with Crippen LogP contribution >= 0.6 is 0 Å². The Morgan fingerprint density at radius 1 is 1.18 bits per heavy atom. The van der Waals surface area contributed by atoms with Gasteiger partial charge >= 0.3 is 0 Å². The zero-order valence-electron chi connectivity index (χ0n) is 6.81. The second-order valence-corrected chi connectivity index (χ2v) is 2.65. The summed E-state index contributed by atoms with van der Waals surface area (Å²) in [6.07, 6.45) is 2.07. The van der Waals surface area contributed by atoms with Crippen LogP contribution in [-0.2, 0) is 13.1 Å². The minimum atomic E-state index is -0.337. The molecule has 1 heteroatoms. The fraction of sp³-hybridized carbons (Fsp3) is 0.400. The van der Waals surface area contributed by atoms with Gasteiger partial charge in [-0.1, -0.05) is 37.6 Å². The summed E-state index contributed by atoms with van der Waals surface area (Å²) in [6, 6.07) is 7.70. The molecule has 0 radical (unpaired) electrons. The fourth-order valence-electron chi connectivity index (χ4n) is 1.20. The van der Waals surface area contributed by atoms with Gasteiger partial charge in [0.15, 0.2) is 0 Å². The zero-order valence-corrected chi connectivity index (χ0v) is 6.81. The Hall–Kier alpha value is -0.850. The van der Waals surface area contributed by atoms with Gasteiger partial charge < -0.3 is 0 Å². The predicted octanol–water partition coefficient (Wildman–Crippen LogP) is 3.11. The molecule has 0 unspecified atom stereocenters. The van der Waals surface area contributed by atoms with Crippen molar-refractivity contribution in [2.45, 2.75) is 26.4 Å². The van der Waals surface area contributed by atoms with E-state index in [0.29, 0.717) is 0 Å². The Kier molecular flexibility index (Phi) is 3.09. The highest BCUT2D eigenvalue weighted by Crippen LogP contribution is 2.11. The van der Waals surface area contributed by atoms with Crippen LogP contribution in [0.5, 0.6) is 0 Å². The standard InChI is InChI=1S/C10H13F/c1-2-5-9-6-3-4-7-10(9)8-11/h3-4,6-7H,2,5,8H2,1H3. The van der Waals surface area contributed by atoms with Crippen molar-refractivity contribution < 1.29 is 4.39 Å². The van der Waals surface area contributed by atoms with Crippen molar-refractivity contribution in [2.75, 3.05) is 0 Å². The summed E-state index contributed by atoms with van der Waals surface area (Å²) in [5.41, 5.74) is 1.99. The number of hydrogen-bond donors (Lipinski definition) is 0. The molecule has 0 aromatic heterocycles. The first-order valence-corrected chi connectivity index (χ1v) is 4.01.